The van der Waals surface area contributed by atoms with Crippen molar-refractivity contribution in [2.24, 2.45) is 0 Å². The Bertz CT molecular complexity index is 652. The zero-order chi connectivity index (χ0) is 16.8. The van der Waals surface area contributed by atoms with Crippen molar-refractivity contribution < 1.29 is 14.3 Å². The molecular formula is C19H22N2O3. The SMILES string of the molecule is C[C@@H](NC(=O)c1ccc(OC2CCOCC2)nc1)c1ccccc1. The maximum atomic E-state index is 12.3. The monoisotopic (exact) mass is 326 g/mol. The summed E-state index contributed by atoms with van der Waals surface area (Å²) in [6.07, 6.45) is 3.45. The molecule has 1 aromatic carbocycles. The molecule has 1 amide bonds. The minimum atomic E-state index is -0.142. The van der Waals surface area contributed by atoms with Gasteiger partial charge in [-0.25, -0.2) is 4.98 Å². The molecule has 1 atom stereocenters. The zero-order valence-corrected chi connectivity index (χ0v) is 13.8. The van der Waals surface area contributed by atoms with Gasteiger partial charge in [0.1, 0.15) is 6.10 Å². The fourth-order valence-corrected chi connectivity index (χ4v) is 2.65. The number of aromatic nitrogens is 1. The molecule has 1 aliphatic heterocycles. The molecule has 126 valence electrons. The minimum Gasteiger partial charge on any atom is -0.474 e. The molecule has 5 heteroatoms. The normalized spacial score (nSPS) is 16.4. The summed E-state index contributed by atoms with van der Waals surface area (Å²) in [5.41, 5.74) is 1.59. The molecule has 0 bridgehead atoms. The van der Waals surface area contributed by atoms with Crippen molar-refractivity contribution >= 4 is 5.91 Å². The van der Waals surface area contributed by atoms with Gasteiger partial charge in [-0.2, -0.15) is 0 Å². The van der Waals surface area contributed by atoms with Gasteiger partial charge in [-0.1, -0.05) is 30.3 Å². The Morgan fingerprint density at radius 1 is 1.21 bits per heavy atom. The van der Waals surface area contributed by atoms with E-state index in [-0.39, 0.29) is 18.1 Å². The average Bonchev–Trinajstić information content (AvgIpc) is 2.64. The average molecular weight is 326 g/mol. The van der Waals surface area contributed by atoms with Crippen LogP contribution in [0.15, 0.2) is 48.7 Å². The minimum absolute atomic E-state index is 0.0585. The van der Waals surface area contributed by atoms with Crippen LogP contribution in [-0.2, 0) is 4.74 Å². The Morgan fingerprint density at radius 2 is 1.96 bits per heavy atom. The van der Waals surface area contributed by atoms with Gasteiger partial charge in [0, 0.05) is 25.1 Å². The van der Waals surface area contributed by atoms with Gasteiger partial charge in [0.15, 0.2) is 0 Å². The molecule has 1 saturated heterocycles. The quantitative estimate of drug-likeness (QED) is 0.917. The number of hydrogen-bond acceptors (Lipinski definition) is 4. The topological polar surface area (TPSA) is 60.5 Å². The van der Waals surface area contributed by atoms with Gasteiger partial charge in [-0.15, -0.1) is 0 Å². The number of nitrogens with zero attached hydrogens (tertiary/aromatic N) is 1. The summed E-state index contributed by atoms with van der Waals surface area (Å²) < 4.78 is 11.1. The Hall–Kier alpha value is -2.40. The standard InChI is InChI=1S/C19H22N2O3/c1-14(15-5-3-2-4-6-15)21-19(22)16-7-8-18(20-13-16)24-17-9-11-23-12-10-17/h2-8,13-14,17H,9-12H2,1H3,(H,21,22)/t14-/m1/s1. The molecular weight excluding hydrogens is 304 g/mol. The third-order valence-corrected chi connectivity index (χ3v) is 4.10. The van der Waals surface area contributed by atoms with Crippen molar-refractivity contribution in [3.05, 3.63) is 59.8 Å². The molecule has 2 aromatic rings. The van der Waals surface area contributed by atoms with Crippen LogP contribution in [0.2, 0.25) is 0 Å². The lowest BCUT2D eigenvalue weighted by Crippen LogP contribution is -2.27. The van der Waals surface area contributed by atoms with Crippen LogP contribution in [0.5, 0.6) is 5.88 Å². The van der Waals surface area contributed by atoms with Crippen LogP contribution in [0.1, 0.15) is 41.7 Å². The number of carbonyl (C=O) groups is 1. The molecule has 1 aromatic heterocycles. The lowest BCUT2D eigenvalue weighted by atomic mass is 10.1. The van der Waals surface area contributed by atoms with Crippen molar-refractivity contribution in [1.82, 2.24) is 10.3 Å². The van der Waals surface area contributed by atoms with Crippen molar-refractivity contribution in [2.75, 3.05) is 13.2 Å². The summed E-state index contributed by atoms with van der Waals surface area (Å²) in [5.74, 6) is 0.408. The highest BCUT2D eigenvalue weighted by Gasteiger charge is 2.16. The number of nitrogens with one attached hydrogen (secondary N) is 1. The highest BCUT2D eigenvalue weighted by atomic mass is 16.5. The predicted octanol–water partition coefficient (Wildman–Crippen LogP) is 3.13. The maximum absolute atomic E-state index is 12.3. The van der Waals surface area contributed by atoms with Crippen molar-refractivity contribution in [2.45, 2.75) is 31.9 Å². The first-order chi connectivity index (χ1) is 11.7. The van der Waals surface area contributed by atoms with Crippen LogP contribution in [-0.4, -0.2) is 30.2 Å². The van der Waals surface area contributed by atoms with Gasteiger partial charge in [0.2, 0.25) is 5.88 Å². The second kappa shape index (κ2) is 7.93. The van der Waals surface area contributed by atoms with Gasteiger partial charge in [0.25, 0.3) is 5.91 Å². The lowest BCUT2D eigenvalue weighted by molar-refractivity contribution is 0.0237. The molecule has 0 unspecified atom stereocenters. The molecule has 3 rings (SSSR count). The molecule has 0 radical (unpaired) electrons. The van der Waals surface area contributed by atoms with E-state index in [1.807, 2.05) is 37.3 Å². The summed E-state index contributed by atoms with van der Waals surface area (Å²) in [4.78, 5) is 16.6. The first kappa shape index (κ1) is 16.5. The van der Waals surface area contributed by atoms with E-state index in [0.717, 1.165) is 31.6 Å². The smallest absolute Gasteiger partial charge is 0.253 e. The number of ether oxygens (including phenoxy) is 2. The van der Waals surface area contributed by atoms with Crippen molar-refractivity contribution in [1.29, 1.82) is 0 Å². The van der Waals surface area contributed by atoms with Crippen molar-refractivity contribution in [3.63, 3.8) is 0 Å². The van der Waals surface area contributed by atoms with E-state index in [4.69, 9.17) is 9.47 Å². The second-order valence-corrected chi connectivity index (χ2v) is 5.92. The predicted molar refractivity (Wildman–Crippen MR) is 91.0 cm³/mol. The van der Waals surface area contributed by atoms with Crippen LogP contribution in [0.25, 0.3) is 0 Å². The lowest BCUT2D eigenvalue weighted by Gasteiger charge is -2.22. The van der Waals surface area contributed by atoms with Crippen LogP contribution in [0.3, 0.4) is 0 Å². The first-order valence-electron chi connectivity index (χ1n) is 8.28. The number of benzene rings is 1. The van der Waals surface area contributed by atoms with E-state index in [9.17, 15) is 4.79 Å². The zero-order valence-electron chi connectivity index (χ0n) is 13.8. The Balaban J connectivity index is 1.57. The fourth-order valence-electron chi connectivity index (χ4n) is 2.65. The van der Waals surface area contributed by atoms with E-state index in [0.29, 0.717) is 11.4 Å². The molecule has 1 fully saturated rings. The number of hydrogen-bond donors (Lipinski definition) is 1. The second-order valence-electron chi connectivity index (χ2n) is 5.92. The van der Waals surface area contributed by atoms with Gasteiger partial charge in [0.05, 0.1) is 24.8 Å². The summed E-state index contributed by atoms with van der Waals surface area (Å²) in [5, 5.41) is 2.98. The molecule has 2 heterocycles. The summed E-state index contributed by atoms with van der Waals surface area (Å²) >= 11 is 0. The van der Waals surface area contributed by atoms with Gasteiger partial charge in [-0.05, 0) is 18.6 Å². The molecule has 5 nitrogen and oxygen atoms in total. The van der Waals surface area contributed by atoms with E-state index in [1.54, 1.807) is 18.3 Å². The van der Waals surface area contributed by atoms with Gasteiger partial charge in [-0.3, -0.25) is 4.79 Å². The fraction of sp³-hybridized carbons (Fsp3) is 0.368. The summed E-state index contributed by atoms with van der Waals surface area (Å²) in [6.45, 7) is 3.41. The molecule has 24 heavy (non-hydrogen) atoms. The molecule has 1 N–H and O–H groups in total. The largest absolute Gasteiger partial charge is 0.474 e. The van der Waals surface area contributed by atoms with E-state index in [1.165, 1.54) is 0 Å². The Morgan fingerprint density at radius 3 is 2.62 bits per heavy atom. The van der Waals surface area contributed by atoms with Crippen LogP contribution in [0, 0.1) is 0 Å². The highest BCUT2D eigenvalue weighted by Crippen LogP contribution is 2.17. The summed E-state index contributed by atoms with van der Waals surface area (Å²) in [6, 6.07) is 13.3. The number of carbonyl (C=O) groups excluding carboxylic acids is 1. The van der Waals surface area contributed by atoms with Crippen LogP contribution in [0.4, 0.5) is 0 Å². The van der Waals surface area contributed by atoms with Gasteiger partial charge >= 0.3 is 0 Å². The van der Waals surface area contributed by atoms with Crippen LogP contribution < -0.4 is 10.1 Å². The van der Waals surface area contributed by atoms with E-state index < -0.39 is 0 Å². The number of amides is 1. The molecule has 1 aliphatic rings. The third-order valence-electron chi connectivity index (χ3n) is 4.10. The highest BCUT2D eigenvalue weighted by molar-refractivity contribution is 5.94. The molecule has 0 spiro atoms. The van der Waals surface area contributed by atoms with Gasteiger partial charge < -0.3 is 14.8 Å². The Kier molecular flexibility index (Phi) is 5.43. The first-order valence-corrected chi connectivity index (χ1v) is 8.28. The number of pyridine rings is 1. The Labute approximate surface area is 142 Å². The number of rotatable bonds is 5. The third kappa shape index (κ3) is 4.32. The maximum Gasteiger partial charge on any atom is 0.253 e. The molecule has 0 saturated carbocycles. The van der Waals surface area contributed by atoms with Crippen LogP contribution >= 0.6 is 0 Å². The van der Waals surface area contributed by atoms with Crippen molar-refractivity contribution in [3.8, 4) is 5.88 Å². The van der Waals surface area contributed by atoms with E-state index >= 15 is 0 Å². The summed E-state index contributed by atoms with van der Waals surface area (Å²) in [7, 11) is 0. The van der Waals surface area contributed by atoms with E-state index in [2.05, 4.69) is 10.3 Å². The molecule has 0 aliphatic carbocycles.